The van der Waals surface area contributed by atoms with Crippen LogP contribution >= 0.6 is 0 Å². The molecule has 0 radical (unpaired) electrons. The minimum Gasteiger partial charge on any atom is -0.466 e. The summed E-state index contributed by atoms with van der Waals surface area (Å²) in [6.07, 6.45) is -1.20. The van der Waals surface area contributed by atoms with E-state index >= 15 is 0 Å². The molecule has 2 saturated heterocycles. The second-order valence-electron chi connectivity index (χ2n) is 6.77. The summed E-state index contributed by atoms with van der Waals surface area (Å²) in [4.78, 5) is 25.3. The van der Waals surface area contributed by atoms with E-state index in [9.17, 15) is 18.4 Å². The molecule has 8 heteroatoms. The quantitative estimate of drug-likeness (QED) is 0.732. The maximum atomic E-state index is 15.0. The zero-order chi connectivity index (χ0) is 19.4. The number of esters is 1. The van der Waals surface area contributed by atoms with E-state index < -0.39 is 36.0 Å². The third-order valence-electron chi connectivity index (χ3n) is 4.99. The van der Waals surface area contributed by atoms with E-state index in [0.717, 1.165) is 10.5 Å². The van der Waals surface area contributed by atoms with Crippen LogP contribution in [-0.4, -0.2) is 54.8 Å². The molecular weight excluding hydrogens is 360 g/mol. The van der Waals surface area contributed by atoms with Gasteiger partial charge in [0.25, 0.3) is 5.92 Å². The SMILES string of the molecule is CCOC(=O)C[C@@H]1C[C@@H]2COC[C@@H](N2C(=O)OCc2ccccc2)C1(F)F. The molecule has 3 atom stereocenters. The van der Waals surface area contributed by atoms with Gasteiger partial charge in [0.15, 0.2) is 0 Å². The van der Waals surface area contributed by atoms with Crippen LogP contribution < -0.4 is 0 Å². The summed E-state index contributed by atoms with van der Waals surface area (Å²) in [5.74, 6) is -5.11. The Morgan fingerprint density at radius 2 is 1.96 bits per heavy atom. The van der Waals surface area contributed by atoms with Crippen LogP contribution in [0.15, 0.2) is 30.3 Å². The topological polar surface area (TPSA) is 65.1 Å². The smallest absolute Gasteiger partial charge is 0.410 e. The van der Waals surface area contributed by atoms with Gasteiger partial charge >= 0.3 is 12.1 Å². The van der Waals surface area contributed by atoms with Crippen LogP contribution in [0.25, 0.3) is 0 Å². The summed E-state index contributed by atoms with van der Waals surface area (Å²) in [6.45, 7) is 1.64. The van der Waals surface area contributed by atoms with Crippen molar-refractivity contribution in [1.82, 2.24) is 4.90 Å². The summed E-state index contributed by atoms with van der Waals surface area (Å²) < 4.78 is 45.3. The van der Waals surface area contributed by atoms with E-state index in [2.05, 4.69) is 0 Å². The highest BCUT2D eigenvalue weighted by Gasteiger charge is 2.59. The van der Waals surface area contributed by atoms with Gasteiger partial charge in [0, 0.05) is 5.92 Å². The number of fused-ring (bicyclic) bond motifs is 2. The van der Waals surface area contributed by atoms with Gasteiger partial charge in [0.2, 0.25) is 0 Å². The number of alkyl halides is 2. The first-order valence-electron chi connectivity index (χ1n) is 9.03. The number of nitrogens with zero attached hydrogens (tertiary/aromatic N) is 1. The number of rotatable bonds is 5. The summed E-state index contributed by atoms with van der Waals surface area (Å²) >= 11 is 0. The van der Waals surface area contributed by atoms with Crippen molar-refractivity contribution in [3.05, 3.63) is 35.9 Å². The highest BCUT2D eigenvalue weighted by Crippen LogP contribution is 2.44. The first kappa shape index (κ1) is 19.5. The third-order valence-corrected chi connectivity index (χ3v) is 4.99. The minimum absolute atomic E-state index is 0.00823. The van der Waals surface area contributed by atoms with Crippen molar-refractivity contribution in [2.45, 2.75) is 44.4 Å². The first-order valence-corrected chi connectivity index (χ1v) is 9.03. The predicted molar refractivity (Wildman–Crippen MR) is 91.2 cm³/mol. The van der Waals surface area contributed by atoms with Crippen molar-refractivity contribution < 1.29 is 32.6 Å². The number of halogens is 2. The summed E-state index contributed by atoms with van der Waals surface area (Å²) in [6, 6.07) is 7.02. The monoisotopic (exact) mass is 383 g/mol. The van der Waals surface area contributed by atoms with Gasteiger partial charge < -0.3 is 14.2 Å². The lowest BCUT2D eigenvalue weighted by Crippen LogP contribution is -2.68. The molecule has 0 spiro atoms. The number of hydrogen-bond acceptors (Lipinski definition) is 5. The largest absolute Gasteiger partial charge is 0.466 e. The van der Waals surface area contributed by atoms with Gasteiger partial charge in [-0.2, -0.15) is 0 Å². The third kappa shape index (κ3) is 4.21. The zero-order valence-corrected chi connectivity index (χ0v) is 15.1. The second kappa shape index (κ2) is 8.21. The molecule has 148 valence electrons. The van der Waals surface area contributed by atoms with Crippen LogP contribution in [0, 0.1) is 5.92 Å². The average Bonchev–Trinajstić information content (AvgIpc) is 2.65. The van der Waals surface area contributed by atoms with Crippen molar-refractivity contribution in [2.24, 2.45) is 5.92 Å². The molecule has 1 aromatic rings. The Morgan fingerprint density at radius 3 is 2.67 bits per heavy atom. The van der Waals surface area contributed by atoms with E-state index in [1.807, 2.05) is 6.07 Å². The Labute approximate surface area is 156 Å². The number of amides is 1. The van der Waals surface area contributed by atoms with Crippen molar-refractivity contribution in [3.8, 4) is 0 Å². The molecule has 2 aliphatic heterocycles. The van der Waals surface area contributed by atoms with Gasteiger partial charge in [-0.25, -0.2) is 13.6 Å². The number of carbonyl (C=O) groups is 2. The first-order chi connectivity index (χ1) is 12.9. The molecule has 2 fully saturated rings. The van der Waals surface area contributed by atoms with Crippen molar-refractivity contribution in [3.63, 3.8) is 0 Å². The van der Waals surface area contributed by atoms with E-state index in [4.69, 9.17) is 14.2 Å². The molecule has 3 rings (SSSR count). The standard InChI is InChI=1S/C19H23F2NO5/c1-2-26-17(23)9-14-8-15-11-25-12-16(19(14,20)21)22(15)18(24)27-10-13-6-4-3-5-7-13/h3-7,14-16H,2,8-12H2,1H3/t14-,15+,16+/m0/s1. The molecule has 2 aliphatic rings. The van der Waals surface area contributed by atoms with Crippen LogP contribution in [0.2, 0.25) is 0 Å². The molecule has 0 aromatic heterocycles. The molecule has 0 aliphatic carbocycles. The number of hydrogen-bond donors (Lipinski definition) is 0. The van der Waals surface area contributed by atoms with E-state index in [-0.39, 0.29) is 39.3 Å². The zero-order valence-electron chi connectivity index (χ0n) is 15.1. The van der Waals surface area contributed by atoms with E-state index in [1.54, 1.807) is 31.2 Å². The highest BCUT2D eigenvalue weighted by atomic mass is 19.3. The van der Waals surface area contributed by atoms with E-state index in [1.165, 1.54) is 0 Å². The lowest BCUT2D eigenvalue weighted by molar-refractivity contribution is -0.212. The highest BCUT2D eigenvalue weighted by molar-refractivity contribution is 5.71. The Kier molecular flexibility index (Phi) is 5.94. The van der Waals surface area contributed by atoms with Gasteiger partial charge in [-0.3, -0.25) is 9.69 Å². The molecule has 2 heterocycles. The predicted octanol–water partition coefficient (Wildman–Crippen LogP) is 3.00. The Balaban J connectivity index is 1.70. The Morgan fingerprint density at radius 1 is 1.22 bits per heavy atom. The molecule has 1 amide bonds. The summed E-state index contributed by atoms with van der Waals surface area (Å²) in [5.41, 5.74) is 0.774. The summed E-state index contributed by atoms with van der Waals surface area (Å²) in [5, 5.41) is 0. The van der Waals surface area contributed by atoms with Crippen molar-refractivity contribution in [2.75, 3.05) is 19.8 Å². The van der Waals surface area contributed by atoms with Crippen LogP contribution in [0.4, 0.5) is 13.6 Å². The molecule has 2 bridgehead atoms. The van der Waals surface area contributed by atoms with Crippen molar-refractivity contribution >= 4 is 12.1 Å². The molecule has 27 heavy (non-hydrogen) atoms. The average molecular weight is 383 g/mol. The van der Waals surface area contributed by atoms with Gasteiger partial charge in [-0.1, -0.05) is 30.3 Å². The number of carbonyl (C=O) groups excluding carboxylic acids is 2. The Bertz CT molecular complexity index is 669. The van der Waals surface area contributed by atoms with Crippen LogP contribution in [0.3, 0.4) is 0 Å². The van der Waals surface area contributed by atoms with Gasteiger partial charge in [-0.05, 0) is 18.9 Å². The van der Waals surface area contributed by atoms with Gasteiger partial charge in [0.05, 0.1) is 32.3 Å². The van der Waals surface area contributed by atoms with Crippen LogP contribution in [0.5, 0.6) is 0 Å². The van der Waals surface area contributed by atoms with Crippen LogP contribution in [0.1, 0.15) is 25.3 Å². The number of ether oxygens (including phenoxy) is 3. The summed E-state index contributed by atoms with van der Waals surface area (Å²) in [7, 11) is 0. The second-order valence-corrected chi connectivity index (χ2v) is 6.77. The molecular formula is C19H23F2NO5. The normalized spacial score (nSPS) is 26.3. The lowest BCUT2D eigenvalue weighted by atomic mass is 9.80. The minimum atomic E-state index is -3.27. The number of piperidine rings is 1. The Hall–Kier alpha value is -2.22. The van der Waals surface area contributed by atoms with Gasteiger partial charge in [0.1, 0.15) is 12.6 Å². The fourth-order valence-electron chi connectivity index (χ4n) is 3.68. The molecule has 0 unspecified atom stereocenters. The fourth-order valence-corrected chi connectivity index (χ4v) is 3.68. The van der Waals surface area contributed by atoms with Gasteiger partial charge in [-0.15, -0.1) is 0 Å². The number of benzene rings is 1. The maximum Gasteiger partial charge on any atom is 0.410 e. The fraction of sp³-hybridized carbons (Fsp3) is 0.579. The molecule has 1 aromatic carbocycles. The maximum absolute atomic E-state index is 15.0. The van der Waals surface area contributed by atoms with E-state index in [0.29, 0.717) is 0 Å². The molecule has 0 saturated carbocycles. The van der Waals surface area contributed by atoms with Crippen molar-refractivity contribution in [1.29, 1.82) is 0 Å². The van der Waals surface area contributed by atoms with Crippen LogP contribution in [-0.2, 0) is 25.6 Å². The molecule has 0 N–H and O–H groups in total. The lowest BCUT2D eigenvalue weighted by Gasteiger charge is -2.51. The molecule has 6 nitrogen and oxygen atoms in total. The number of morpholine rings is 1.